The van der Waals surface area contributed by atoms with Gasteiger partial charge in [-0.25, -0.2) is 4.98 Å². The molecule has 16 heavy (non-hydrogen) atoms. The van der Waals surface area contributed by atoms with Crippen molar-refractivity contribution in [2.75, 3.05) is 0 Å². The van der Waals surface area contributed by atoms with Gasteiger partial charge in [-0.2, -0.15) is 0 Å². The normalized spacial score (nSPS) is 18.6. The van der Waals surface area contributed by atoms with Gasteiger partial charge in [-0.1, -0.05) is 30.3 Å². The van der Waals surface area contributed by atoms with Crippen molar-refractivity contribution in [3.8, 4) is 0 Å². The minimum Gasteiger partial charge on any atom is -0.488 e. The Bertz CT molecular complexity index is 572. The second-order valence-corrected chi connectivity index (χ2v) is 3.70. The Hall–Kier alpha value is -2.09. The van der Waals surface area contributed by atoms with Gasteiger partial charge in [0.1, 0.15) is 0 Å². The van der Waals surface area contributed by atoms with Gasteiger partial charge in [0, 0.05) is 5.39 Å². The molecule has 0 aliphatic carbocycles. The summed E-state index contributed by atoms with van der Waals surface area (Å²) < 4.78 is 5.48. The van der Waals surface area contributed by atoms with Crippen molar-refractivity contribution in [3.63, 3.8) is 0 Å². The van der Waals surface area contributed by atoms with E-state index in [0.29, 0.717) is 0 Å². The van der Waals surface area contributed by atoms with E-state index in [1.165, 1.54) is 0 Å². The largest absolute Gasteiger partial charge is 0.488 e. The number of rotatable bonds is 1. The Morgan fingerprint density at radius 1 is 1.00 bits per heavy atom. The minimum atomic E-state index is -0.0605. The second-order valence-electron chi connectivity index (χ2n) is 3.70. The van der Waals surface area contributed by atoms with E-state index < -0.39 is 0 Å². The van der Waals surface area contributed by atoms with E-state index in [2.05, 4.69) is 17.1 Å². The first-order valence-electron chi connectivity index (χ1n) is 5.28. The quantitative estimate of drug-likeness (QED) is 0.718. The van der Waals surface area contributed by atoms with Gasteiger partial charge in [-0.15, -0.1) is 0 Å². The van der Waals surface area contributed by atoms with Gasteiger partial charge in [0.05, 0.1) is 17.5 Å². The van der Waals surface area contributed by atoms with Crippen molar-refractivity contribution in [1.82, 2.24) is 4.98 Å². The lowest BCUT2D eigenvalue weighted by atomic mass is 10.1. The fourth-order valence-corrected chi connectivity index (χ4v) is 1.79. The molecule has 2 heterocycles. The molecule has 1 aliphatic rings. The van der Waals surface area contributed by atoms with Crippen LogP contribution in [0.4, 0.5) is 0 Å². The maximum atomic E-state index is 5.48. The van der Waals surface area contributed by atoms with E-state index in [4.69, 9.17) is 4.74 Å². The van der Waals surface area contributed by atoms with Crippen LogP contribution in [0, 0.1) is 0 Å². The summed E-state index contributed by atoms with van der Waals surface area (Å²) in [4.78, 5) is 4.59. The van der Waals surface area contributed by atoms with Crippen LogP contribution >= 0.6 is 0 Å². The third-order valence-electron chi connectivity index (χ3n) is 2.61. The average molecular weight is 209 g/mol. The molecule has 0 radical (unpaired) electrons. The highest BCUT2D eigenvalue weighted by Crippen LogP contribution is 2.22. The summed E-state index contributed by atoms with van der Waals surface area (Å²) in [7, 11) is 0. The summed E-state index contributed by atoms with van der Waals surface area (Å²) in [6.45, 7) is 0. The number of hydrogen-bond acceptors (Lipinski definition) is 2. The van der Waals surface area contributed by atoms with E-state index >= 15 is 0 Å². The van der Waals surface area contributed by atoms with E-state index in [-0.39, 0.29) is 6.10 Å². The molecule has 0 saturated carbocycles. The van der Waals surface area contributed by atoms with Gasteiger partial charge in [-0.3, -0.25) is 0 Å². The fourth-order valence-electron chi connectivity index (χ4n) is 1.79. The van der Waals surface area contributed by atoms with Gasteiger partial charge in [-0.05, 0) is 24.3 Å². The standard InChI is InChI=1S/C14H11NO/c1-2-6-12-11(5-1)8-9-13(15-12)14-7-3-4-10-16-14/h1-10,14H. The number of fused-ring (bicyclic) bond motifs is 1. The number of hydrogen-bond donors (Lipinski definition) is 0. The molecule has 2 aromatic rings. The predicted molar refractivity (Wildman–Crippen MR) is 63.8 cm³/mol. The number of aromatic nitrogens is 1. The lowest BCUT2D eigenvalue weighted by molar-refractivity contribution is 0.182. The zero-order chi connectivity index (χ0) is 10.8. The highest BCUT2D eigenvalue weighted by molar-refractivity contribution is 5.78. The predicted octanol–water partition coefficient (Wildman–Crippen LogP) is 3.38. The maximum absolute atomic E-state index is 5.48. The molecule has 1 aromatic heterocycles. The fraction of sp³-hybridized carbons (Fsp3) is 0.0714. The number of benzene rings is 1. The van der Waals surface area contributed by atoms with Crippen LogP contribution in [-0.4, -0.2) is 4.98 Å². The highest BCUT2D eigenvalue weighted by Gasteiger charge is 2.11. The minimum absolute atomic E-state index is 0.0605. The van der Waals surface area contributed by atoms with Gasteiger partial charge >= 0.3 is 0 Å². The molecule has 1 aliphatic heterocycles. The Morgan fingerprint density at radius 3 is 2.81 bits per heavy atom. The summed E-state index contributed by atoms with van der Waals surface area (Å²) in [5, 5.41) is 1.15. The van der Waals surface area contributed by atoms with E-state index in [1.807, 2.05) is 42.5 Å². The third-order valence-corrected chi connectivity index (χ3v) is 2.61. The van der Waals surface area contributed by atoms with Gasteiger partial charge in [0.2, 0.25) is 0 Å². The summed E-state index contributed by atoms with van der Waals surface area (Å²) in [6, 6.07) is 12.2. The Labute approximate surface area is 93.9 Å². The monoisotopic (exact) mass is 209 g/mol. The van der Waals surface area contributed by atoms with Crippen molar-refractivity contribution >= 4 is 10.9 Å². The smallest absolute Gasteiger partial charge is 0.158 e. The van der Waals surface area contributed by atoms with Crippen LogP contribution in [0.1, 0.15) is 11.8 Å². The molecule has 0 N–H and O–H groups in total. The van der Waals surface area contributed by atoms with Crippen LogP contribution in [0.2, 0.25) is 0 Å². The zero-order valence-corrected chi connectivity index (χ0v) is 8.71. The molecular weight excluding hydrogens is 198 g/mol. The molecule has 0 bridgehead atoms. The number of nitrogens with zero attached hydrogens (tertiary/aromatic N) is 1. The SMILES string of the molecule is C1=COC(c2ccc3ccccc3n2)C=C1. The van der Waals surface area contributed by atoms with Gasteiger partial charge < -0.3 is 4.74 Å². The van der Waals surface area contributed by atoms with Crippen LogP contribution in [0.3, 0.4) is 0 Å². The zero-order valence-electron chi connectivity index (χ0n) is 8.71. The first kappa shape index (κ1) is 9.16. The Kier molecular flexibility index (Phi) is 2.18. The summed E-state index contributed by atoms with van der Waals surface area (Å²) >= 11 is 0. The Morgan fingerprint density at radius 2 is 1.94 bits per heavy atom. The van der Waals surface area contributed by atoms with Crippen LogP contribution in [0.5, 0.6) is 0 Å². The van der Waals surface area contributed by atoms with Crippen LogP contribution < -0.4 is 0 Å². The molecule has 3 rings (SSSR count). The van der Waals surface area contributed by atoms with Crippen molar-refractivity contribution in [2.24, 2.45) is 0 Å². The van der Waals surface area contributed by atoms with Crippen LogP contribution in [0.15, 0.2) is 60.9 Å². The van der Waals surface area contributed by atoms with Crippen molar-refractivity contribution in [3.05, 3.63) is 66.6 Å². The average Bonchev–Trinajstić information content (AvgIpc) is 2.39. The number of ether oxygens (including phenoxy) is 1. The topological polar surface area (TPSA) is 22.1 Å². The molecule has 2 nitrogen and oxygen atoms in total. The molecule has 0 saturated heterocycles. The van der Waals surface area contributed by atoms with E-state index in [1.54, 1.807) is 6.26 Å². The van der Waals surface area contributed by atoms with Gasteiger partial charge in [0.25, 0.3) is 0 Å². The van der Waals surface area contributed by atoms with Crippen molar-refractivity contribution in [1.29, 1.82) is 0 Å². The first-order valence-corrected chi connectivity index (χ1v) is 5.28. The van der Waals surface area contributed by atoms with Gasteiger partial charge in [0.15, 0.2) is 6.10 Å². The maximum Gasteiger partial charge on any atom is 0.158 e. The summed E-state index contributed by atoms with van der Waals surface area (Å²) in [6.07, 6.45) is 7.48. The van der Waals surface area contributed by atoms with E-state index in [9.17, 15) is 0 Å². The van der Waals surface area contributed by atoms with E-state index in [0.717, 1.165) is 16.6 Å². The summed E-state index contributed by atoms with van der Waals surface area (Å²) in [5.41, 5.74) is 1.95. The molecule has 1 aromatic carbocycles. The molecule has 78 valence electrons. The second kappa shape index (κ2) is 3.81. The highest BCUT2D eigenvalue weighted by atomic mass is 16.5. The number of para-hydroxylation sites is 1. The van der Waals surface area contributed by atoms with Crippen LogP contribution in [0.25, 0.3) is 10.9 Å². The molecule has 1 atom stereocenters. The Balaban J connectivity index is 2.05. The van der Waals surface area contributed by atoms with Crippen molar-refractivity contribution < 1.29 is 4.74 Å². The first-order chi connectivity index (χ1) is 7.93. The molecule has 2 heteroatoms. The molecule has 0 amide bonds. The lowest BCUT2D eigenvalue weighted by Crippen LogP contribution is -2.02. The third kappa shape index (κ3) is 1.58. The van der Waals surface area contributed by atoms with Crippen molar-refractivity contribution in [2.45, 2.75) is 6.10 Å². The molecular formula is C14H11NO. The molecule has 0 spiro atoms. The molecule has 1 unspecified atom stereocenters. The lowest BCUT2D eigenvalue weighted by Gasteiger charge is -2.14. The number of pyridine rings is 1. The summed E-state index contributed by atoms with van der Waals surface area (Å²) in [5.74, 6) is 0. The molecule has 0 fully saturated rings. The van der Waals surface area contributed by atoms with Crippen LogP contribution in [-0.2, 0) is 4.74 Å². The number of allylic oxidation sites excluding steroid dienone is 2.